The summed E-state index contributed by atoms with van der Waals surface area (Å²) in [5.41, 5.74) is 1.77. The van der Waals surface area contributed by atoms with E-state index in [4.69, 9.17) is 4.74 Å². The molecule has 0 amide bonds. The molecule has 0 spiro atoms. The highest BCUT2D eigenvalue weighted by Crippen LogP contribution is 2.13. The molecule has 1 saturated heterocycles. The minimum absolute atomic E-state index is 0. The second-order valence-corrected chi connectivity index (χ2v) is 7.70. The fourth-order valence-electron chi connectivity index (χ4n) is 3.51. The van der Waals surface area contributed by atoms with Crippen LogP contribution in [0.15, 0.2) is 23.2 Å². The Labute approximate surface area is 192 Å². The second kappa shape index (κ2) is 14.1. The van der Waals surface area contributed by atoms with Crippen LogP contribution in [-0.4, -0.2) is 76.3 Å². The van der Waals surface area contributed by atoms with Gasteiger partial charge in [-0.2, -0.15) is 0 Å². The third-order valence-electron chi connectivity index (χ3n) is 5.03. The van der Waals surface area contributed by atoms with Crippen molar-refractivity contribution in [1.82, 2.24) is 20.4 Å². The Bertz CT molecular complexity index is 621. The molecule has 1 aromatic rings. The zero-order chi connectivity index (χ0) is 20.4. The summed E-state index contributed by atoms with van der Waals surface area (Å²) in [4.78, 5) is 8.82. The largest absolute Gasteiger partial charge is 0.385 e. The van der Waals surface area contributed by atoms with Gasteiger partial charge < -0.3 is 25.2 Å². The maximum Gasteiger partial charge on any atom is 0.191 e. The van der Waals surface area contributed by atoms with Gasteiger partial charge in [0.2, 0.25) is 0 Å². The maximum absolute atomic E-state index is 13.9. The van der Waals surface area contributed by atoms with Gasteiger partial charge in [-0.15, -0.1) is 24.0 Å². The monoisotopic (exact) mass is 521 g/mol. The third-order valence-corrected chi connectivity index (χ3v) is 5.03. The molecule has 6 nitrogen and oxygen atoms in total. The molecule has 166 valence electrons. The average molecular weight is 521 g/mol. The molecule has 1 aromatic carbocycles. The number of hydrogen-bond acceptors (Lipinski definition) is 4. The van der Waals surface area contributed by atoms with E-state index in [0.29, 0.717) is 24.7 Å². The van der Waals surface area contributed by atoms with E-state index in [2.05, 4.69) is 20.5 Å². The summed E-state index contributed by atoms with van der Waals surface area (Å²) in [6.45, 7) is 5.35. The van der Waals surface area contributed by atoms with Gasteiger partial charge in [-0.3, -0.25) is 4.99 Å². The van der Waals surface area contributed by atoms with Gasteiger partial charge in [0.25, 0.3) is 0 Å². The highest BCUT2D eigenvalue weighted by atomic mass is 127. The highest BCUT2D eigenvalue weighted by molar-refractivity contribution is 14.0. The van der Waals surface area contributed by atoms with Crippen molar-refractivity contribution in [2.45, 2.75) is 38.4 Å². The number of aliphatic imine (C=N–C) groups is 1. The van der Waals surface area contributed by atoms with Crippen LogP contribution in [0.2, 0.25) is 0 Å². The van der Waals surface area contributed by atoms with Crippen molar-refractivity contribution in [2.75, 3.05) is 54.5 Å². The van der Waals surface area contributed by atoms with Crippen LogP contribution < -0.4 is 10.6 Å². The SMILES string of the molecule is CN=C(NCc1ccc(F)c(CN(C)C)c1)NC1CCN(CCCOC)CC1.I. The molecule has 29 heavy (non-hydrogen) atoms. The minimum atomic E-state index is -0.155. The number of nitrogens with zero attached hydrogens (tertiary/aromatic N) is 3. The van der Waals surface area contributed by atoms with Gasteiger partial charge in [-0.05, 0) is 51.1 Å². The summed E-state index contributed by atoms with van der Waals surface area (Å²) in [7, 11) is 7.43. The number of methoxy groups -OCH3 is 1. The van der Waals surface area contributed by atoms with E-state index in [1.165, 1.54) is 0 Å². The van der Waals surface area contributed by atoms with Gasteiger partial charge in [0.1, 0.15) is 5.82 Å². The number of likely N-dealkylation sites (tertiary alicyclic amines) is 1. The predicted octanol–water partition coefficient (Wildman–Crippen LogP) is 2.67. The van der Waals surface area contributed by atoms with Crippen LogP contribution in [0, 0.1) is 5.82 Å². The van der Waals surface area contributed by atoms with E-state index in [1.54, 1.807) is 20.2 Å². The number of piperidine rings is 1. The molecule has 0 aromatic heterocycles. The Kier molecular flexibility index (Phi) is 12.7. The molecule has 8 heteroatoms. The van der Waals surface area contributed by atoms with Crippen molar-refractivity contribution in [1.29, 1.82) is 0 Å². The van der Waals surface area contributed by atoms with Crippen molar-refractivity contribution < 1.29 is 9.13 Å². The van der Waals surface area contributed by atoms with Crippen LogP contribution in [-0.2, 0) is 17.8 Å². The fourth-order valence-corrected chi connectivity index (χ4v) is 3.51. The number of ether oxygens (including phenoxy) is 1. The quantitative estimate of drug-likeness (QED) is 0.227. The van der Waals surface area contributed by atoms with E-state index < -0.39 is 0 Å². The minimum Gasteiger partial charge on any atom is -0.385 e. The van der Waals surface area contributed by atoms with Crippen LogP contribution in [0.5, 0.6) is 0 Å². The van der Waals surface area contributed by atoms with Crippen molar-refractivity contribution in [3.8, 4) is 0 Å². The van der Waals surface area contributed by atoms with Gasteiger partial charge in [0.05, 0.1) is 0 Å². The lowest BCUT2D eigenvalue weighted by atomic mass is 10.1. The molecule has 0 radical (unpaired) electrons. The molecule has 0 bridgehead atoms. The number of benzene rings is 1. The van der Waals surface area contributed by atoms with Crippen LogP contribution in [0.25, 0.3) is 0 Å². The molecule has 1 aliphatic heterocycles. The lowest BCUT2D eigenvalue weighted by Gasteiger charge is -2.33. The Morgan fingerprint density at radius 3 is 2.66 bits per heavy atom. The lowest BCUT2D eigenvalue weighted by Crippen LogP contribution is -2.48. The van der Waals surface area contributed by atoms with Crippen molar-refractivity contribution in [3.05, 3.63) is 35.1 Å². The summed E-state index contributed by atoms with van der Waals surface area (Å²) >= 11 is 0. The number of nitrogens with one attached hydrogen (secondary N) is 2. The molecule has 0 unspecified atom stereocenters. The molecule has 0 aliphatic carbocycles. The zero-order valence-electron chi connectivity index (χ0n) is 18.2. The van der Waals surface area contributed by atoms with Crippen LogP contribution in [0.1, 0.15) is 30.4 Å². The molecule has 0 saturated carbocycles. The summed E-state index contributed by atoms with van der Waals surface area (Å²) in [6, 6.07) is 5.73. The van der Waals surface area contributed by atoms with Gasteiger partial charge in [-0.25, -0.2) is 4.39 Å². The van der Waals surface area contributed by atoms with E-state index in [1.807, 2.05) is 31.1 Å². The Morgan fingerprint density at radius 1 is 1.31 bits per heavy atom. The van der Waals surface area contributed by atoms with E-state index >= 15 is 0 Å². The first kappa shape index (κ1) is 26.1. The topological polar surface area (TPSA) is 52.1 Å². The maximum atomic E-state index is 13.9. The first-order chi connectivity index (χ1) is 13.5. The number of rotatable bonds is 9. The normalized spacial score (nSPS) is 16.0. The lowest BCUT2D eigenvalue weighted by molar-refractivity contribution is 0.155. The third kappa shape index (κ3) is 9.59. The predicted molar refractivity (Wildman–Crippen MR) is 128 cm³/mol. The fraction of sp³-hybridized carbons (Fsp3) is 0.667. The molecule has 2 rings (SSSR count). The van der Waals surface area contributed by atoms with Crippen LogP contribution in [0.3, 0.4) is 0 Å². The van der Waals surface area contributed by atoms with Gasteiger partial charge in [-0.1, -0.05) is 6.07 Å². The van der Waals surface area contributed by atoms with E-state index in [0.717, 1.165) is 57.0 Å². The summed E-state index contributed by atoms with van der Waals surface area (Å²) in [6.07, 6.45) is 3.31. The zero-order valence-corrected chi connectivity index (χ0v) is 20.5. The smallest absolute Gasteiger partial charge is 0.191 e. The summed E-state index contributed by atoms with van der Waals surface area (Å²) < 4.78 is 19.1. The molecule has 0 atom stereocenters. The Morgan fingerprint density at radius 2 is 2.03 bits per heavy atom. The van der Waals surface area contributed by atoms with E-state index in [9.17, 15) is 4.39 Å². The van der Waals surface area contributed by atoms with Crippen LogP contribution >= 0.6 is 24.0 Å². The first-order valence-corrected chi connectivity index (χ1v) is 10.1. The van der Waals surface area contributed by atoms with Crippen molar-refractivity contribution in [2.24, 2.45) is 4.99 Å². The van der Waals surface area contributed by atoms with E-state index in [-0.39, 0.29) is 29.8 Å². The first-order valence-electron chi connectivity index (χ1n) is 10.1. The summed E-state index contributed by atoms with van der Waals surface area (Å²) in [5.74, 6) is 0.647. The van der Waals surface area contributed by atoms with Gasteiger partial charge in [0.15, 0.2) is 5.96 Å². The Balaban J connectivity index is 0.00000420. The average Bonchev–Trinajstić information content (AvgIpc) is 2.68. The molecular weight excluding hydrogens is 484 g/mol. The number of hydrogen-bond donors (Lipinski definition) is 2. The van der Waals surface area contributed by atoms with Gasteiger partial charge >= 0.3 is 0 Å². The van der Waals surface area contributed by atoms with Crippen LogP contribution in [0.4, 0.5) is 4.39 Å². The molecule has 1 aliphatic rings. The highest BCUT2D eigenvalue weighted by Gasteiger charge is 2.19. The standard InChI is InChI=1S/C21H36FN5O.HI/c1-23-21(25-19-8-11-27(12-9-19)10-5-13-28-4)24-15-17-6-7-20(22)18(14-17)16-26(2)3;/h6-7,14,19H,5,8-13,15-16H2,1-4H3,(H2,23,24,25);1H. The van der Waals surface area contributed by atoms with Gasteiger partial charge in [0, 0.05) is 65.1 Å². The summed E-state index contributed by atoms with van der Waals surface area (Å²) in [5, 5.41) is 6.89. The molecule has 1 fully saturated rings. The molecule has 2 N–H and O–H groups in total. The van der Waals surface area contributed by atoms with Crippen molar-refractivity contribution in [3.63, 3.8) is 0 Å². The number of guanidine groups is 1. The Hall–Kier alpha value is -0.970. The molecule has 1 heterocycles. The second-order valence-electron chi connectivity index (χ2n) is 7.70. The number of halogens is 2. The van der Waals surface area contributed by atoms with Crippen molar-refractivity contribution >= 4 is 29.9 Å². The molecular formula is C21H37FIN5O.